The molecule has 15 heavy (non-hydrogen) atoms. The van der Waals surface area contributed by atoms with Crippen LogP contribution >= 0.6 is 39.2 Å². The lowest BCUT2D eigenvalue weighted by Gasteiger charge is -2.07. The molecular formula is C8H5BrClNO2S2. The largest absolute Gasteiger partial charge is 0.262 e. The molecule has 1 rings (SSSR count). The molecule has 0 unspecified atom stereocenters. The number of nitrogens with zero attached hydrogens (tertiary/aromatic N) is 1. The van der Waals surface area contributed by atoms with E-state index in [2.05, 4.69) is 28.6 Å². The van der Waals surface area contributed by atoms with Gasteiger partial charge in [0.1, 0.15) is 0 Å². The van der Waals surface area contributed by atoms with Crippen molar-refractivity contribution in [2.75, 3.05) is 0 Å². The van der Waals surface area contributed by atoms with Crippen molar-refractivity contribution in [3.05, 3.63) is 23.3 Å². The van der Waals surface area contributed by atoms with E-state index in [4.69, 9.17) is 15.9 Å². The summed E-state index contributed by atoms with van der Waals surface area (Å²) in [6.45, 7) is 0. The van der Waals surface area contributed by atoms with Gasteiger partial charge in [0.2, 0.25) is 0 Å². The van der Waals surface area contributed by atoms with E-state index in [0.29, 0.717) is 11.1 Å². The zero-order valence-corrected chi connectivity index (χ0v) is 11.3. The third-order valence-corrected chi connectivity index (χ3v) is 4.20. The highest BCUT2D eigenvalue weighted by atomic mass is 79.9. The fraction of sp³-hybridized carbons (Fsp3) is 0.125. The Balaban J connectivity index is 3.61. The van der Waals surface area contributed by atoms with Gasteiger partial charge in [-0.2, -0.15) is 5.26 Å². The van der Waals surface area contributed by atoms with Gasteiger partial charge in [0.25, 0.3) is 9.05 Å². The molecule has 1 aromatic carbocycles. The molecule has 0 radical (unpaired) electrons. The second-order valence-corrected chi connectivity index (χ2v) is 6.21. The Morgan fingerprint density at radius 3 is 2.53 bits per heavy atom. The second kappa shape index (κ2) is 4.74. The van der Waals surface area contributed by atoms with Crippen LogP contribution in [0, 0.1) is 11.3 Å². The number of alkyl halides is 1. The van der Waals surface area contributed by atoms with Crippen LogP contribution in [-0.2, 0) is 14.4 Å². The maximum absolute atomic E-state index is 11.2. The highest BCUT2D eigenvalue weighted by Crippen LogP contribution is 2.29. The number of rotatable bonds is 2. The van der Waals surface area contributed by atoms with Gasteiger partial charge in [-0.1, -0.05) is 15.9 Å². The Morgan fingerprint density at radius 2 is 2.13 bits per heavy atom. The maximum atomic E-state index is 11.2. The first-order valence-electron chi connectivity index (χ1n) is 3.66. The van der Waals surface area contributed by atoms with Gasteiger partial charge in [-0.3, -0.25) is 0 Å². The highest BCUT2D eigenvalue weighted by molar-refractivity contribution is 9.08. The summed E-state index contributed by atoms with van der Waals surface area (Å²) in [6, 6.07) is 4.74. The molecule has 0 spiro atoms. The smallest absolute Gasteiger partial charge is 0.207 e. The van der Waals surface area contributed by atoms with E-state index in [1.165, 1.54) is 12.1 Å². The summed E-state index contributed by atoms with van der Waals surface area (Å²) in [5.74, 6) is 0. The minimum atomic E-state index is -3.84. The normalized spacial score (nSPS) is 11.1. The topological polar surface area (TPSA) is 57.9 Å². The van der Waals surface area contributed by atoms with Gasteiger partial charge in [0.15, 0.2) is 0 Å². The molecule has 0 atom stereocenters. The standard InChI is InChI=1S/C8H5BrClNO2S2/c9-3-6-1-5(4-11)2-7(14)8(6)15(10,12)13/h1-2,14H,3H2. The number of benzene rings is 1. The van der Waals surface area contributed by atoms with Crippen LogP contribution in [0.1, 0.15) is 11.1 Å². The van der Waals surface area contributed by atoms with E-state index < -0.39 is 9.05 Å². The molecule has 0 aliphatic carbocycles. The summed E-state index contributed by atoms with van der Waals surface area (Å²) < 4.78 is 22.5. The van der Waals surface area contributed by atoms with Crippen LogP contribution in [0.5, 0.6) is 0 Å². The number of halogens is 2. The zero-order valence-electron chi connectivity index (χ0n) is 7.24. The lowest BCUT2D eigenvalue weighted by atomic mass is 10.1. The lowest BCUT2D eigenvalue weighted by Crippen LogP contribution is -1.99. The van der Waals surface area contributed by atoms with Crippen LogP contribution in [0.4, 0.5) is 0 Å². The van der Waals surface area contributed by atoms with E-state index in [0.717, 1.165) is 0 Å². The third-order valence-electron chi connectivity index (χ3n) is 1.66. The molecule has 0 aromatic heterocycles. The fourth-order valence-corrected chi connectivity index (χ4v) is 3.85. The molecule has 3 nitrogen and oxygen atoms in total. The number of hydrogen-bond donors (Lipinski definition) is 1. The van der Waals surface area contributed by atoms with E-state index >= 15 is 0 Å². The minimum Gasteiger partial charge on any atom is -0.207 e. The number of thiol groups is 1. The van der Waals surface area contributed by atoms with Gasteiger partial charge in [-0.15, -0.1) is 12.6 Å². The Labute approximate surface area is 106 Å². The fourth-order valence-electron chi connectivity index (χ4n) is 1.12. The molecule has 7 heteroatoms. The van der Waals surface area contributed by atoms with Crippen molar-refractivity contribution in [3.63, 3.8) is 0 Å². The summed E-state index contributed by atoms with van der Waals surface area (Å²) in [5, 5.41) is 8.98. The van der Waals surface area contributed by atoms with E-state index in [9.17, 15) is 8.42 Å². The minimum absolute atomic E-state index is 0.0524. The molecular weight excluding hydrogens is 322 g/mol. The van der Waals surface area contributed by atoms with Gasteiger partial charge < -0.3 is 0 Å². The van der Waals surface area contributed by atoms with Crippen molar-refractivity contribution in [1.29, 1.82) is 5.26 Å². The van der Waals surface area contributed by atoms with Crippen LogP contribution in [0.2, 0.25) is 0 Å². The van der Waals surface area contributed by atoms with Crippen molar-refractivity contribution < 1.29 is 8.42 Å². The molecule has 0 aliphatic rings. The zero-order chi connectivity index (χ0) is 11.6. The average molecular weight is 327 g/mol. The van der Waals surface area contributed by atoms with E-state index in [1.807, 2.05) is 6.07 Å². The Hall–Kier alpha value is -0.220. The molecule has 0 aliphatic heterocycles. The van der Waals surface area contributed by atoms with Crippen LogP contribution in [0.15, 0.2) is 21.9 Å². The third kappa shape index (κ3) is 2.88. The molecule has 0 amide bonds. The van der Waals surface area contributed by atoms with E-state index in [1.54, 1.807) is 0 Å². The van der Waals surface area contributed by atoms with Gasteiger partial charge in [-0.25, -0.2) is 8.42 Å². The maximum Gasteiger partial charge on any atom is 0.262 e. The molecule has 1 aromatic rings. The van der Waals surface area contributed by atoms with Crippen molar-refractivity contribution in [2.45, 2.75) is 15.1 Å². The summed E-state index contributed by atoms with van der Waals surface area (Å²) in [7, 11) is 1.42. The lowest BCUT2D eigenvalue weighted by molar-refractivity contribution is 0.607. The van der Waals surface area contributed by atoms with Crippen LogP contribution in [0.3, 0.4) is 0 Å². The highest BCUT2D eigenvalue weighted by Gasteiger charge is 2.19. The molecule has 80 valence electrons. The van der Waals surface area contributed by atoms with Gasteiger partial charge >= 0.3 is 0 Å². The van der Waals surface area contributed by atoms with Crippen LogP contribution < -0.4 is 0 Å². The molecule has 0 fully saturated rings. The van der Waals surface area contributed by atoms with Crippen LogP contribution in [-0.4, -0.2) is 8.42 Å². The monoisotopic (exact) mass is 325 g/mol. The first-order chi connectivity index (χ1) is 6.90. The predicted molar refractivity (Wildman–Crippen MR) is 64.1 cm³/mol. The summed E-state index contributed by atoms with van der Waals surface area (Å²) >= 11 is 7.14. The SMILES string of the molecule is N#Cc1cc(S)c(S(=O)(=O)Cl)c(CBr)c1. The summed E-state index contributed by atoms with van der Waals surface area (Å²) in [4.78, 5) is 0.127. The Bertz CT molecular complexity index is 536. The molecule has 0 saturated heterocycles. The summed E-state index contributed by atoms with van der Waals surface area (Å²) in [6.07, 6.45) is 0. The van der Waals surface area contributed by atoms with Crippen molar-refractivity contribution in [3.8, 4) is 6.07 Å². The number of hydrogen-bond acceptors (Lipinski definition) is 4. The average Bonchev–Trinajstić information content (AvgIpc) is 2.14. The first kappa shape index (κ1) is 12.8. The molecule has 0 N–H and O–H groups in total. The first-order valence-corrected chi connectivity index (χ1v) is 7.54. The predicted octanol–water partition coefficient (Wildman–Crippen LogP) is 2.67. The molecule has 0 saturated carbocycles. The van der Waals surface area contributed by atoms with Gasteiger partial charge in [0, 0.05) is 20.9 Å². The Kier molecular flexibility index (Phi) is 4.06. The van der Waals surface area contributed by atoms with Crippen molar-refractivity contribution >= 4 is 48.3 Å². The van der Waals surface area contributed by atoms with Crippen molar-refractivity contribution in [1.82, 2.24) is 0 Å². The van der Waals surface area contributed by atoms with Crippen molar-refractivity contribution in [2.24, 2.45) is 0 Å². The van der Waals surface area contributed by atoms with Gasteiger partial charge in [0.05, 0.1) is 16.5 Å². The summed E-state index contributed by atoms with van der Waals surface area (Å²) in [5.41, 5.74) is 0.771. The number of nitriles is 1. The second-order valence-electron chi connectivity index (χ2n) is 2.67. The quantitative estimate of drug-likeness (QED) is 0.516. The van der Waals surface area contributed by atoms with Gasteiger partial charge in [-0.05, 0) is 17.7 Å². The molecule has 0 heterocycles. The van der Waals surface area contributed by atoms with E-state index in [-0.39, 0.29) is 15.1 Å². The Morgan fingerprint density at radius 1 is 1.53 bits per heavy atom. The van der Waals surface area contributed by atoms with Crippen LogP contribution in [0.25, 0.3) is 0 Å². The molecule has 0 bridgehead atoms.